The van der Waals surface area contributed by atoms with Gasteiger partial charge in [-0.2, -0.15) is 0 Å². The fraction of sp³-hybridized carbons (Fsp3) is 0.452. The van der Waals surface area contributed by atoms with Gasteiger partial charge in [-0.05, 0) is 80.0 Å². The van der Waals surface area contributed by atoms with Crippen LogP contribution in [0.4, 0.5) is 4.79 Å². The molecule has 4 aromatic rings. The summed E-state index contributed by atoms with van der Waals surface area (Å²) in [6.07, 6.45) is 6.33. The fourth-order valence-electron chi connectivity index (χ4n) is 7.40. The maximum absolute atomic E-state index is 14.6. The van der Waals surface area contributed by atoms with Crippen LogP contribution < -0.4 is 16.4 Å². The number of nitrogens with two attached hydrogens (primary N) is 1. The molecule has 2 fully saturated rings. The number of rotatable bonds is 17. The van der Waals surface area contributed by atoms with Crippen LogP contribution in [0.3, 0.4) is 0 Å². The minimum Gasteiger partial charge on any atom is -0.445 e. The van der Waals surface area contributed by atoms with E-state index >= 15 is 0 Å². The smallest absolute Gasteiger partial charge is 0.408 e. The molecule has 1 saturated heterocycles. The lowest BCUT2D eigenvalue weighted by Gasteiger charge is -2.29. The number of para-hydroxylation sites is 2. The third-order valence-corrected chi connectivity index (χ3v) is 10.6. The Morgan fingerprint density at radius 2 is 1.67 bits per heavy atom. The number of hydrogen-bond acceptors (Lipinski definition) is 9. The van der Waals surface area contributed by atoms with E-state index in [1.807, 2.05) is 36.4 Å². The number of nitrogens with one attached hydrogen (secondary N) is 2. The summed E-state index contributed by atoms with van der Waals surface area (Å²) in [5.74, 6) is -1.14. The Balaban J connectivity index is 1.23. The predicted octanol–water partition coefficient (Wildman–Crippen LogP) is 6.38. The van der Waals surface area contributed by atoms with E-state index in [2.05, 4.69) is 15.6 Å². The molecule has 0 radical (unpaired) electrons. The molecule has 1 saturated carbocycles. The second kappa shape index (κ2) is 19.7. The molecule has 55 heavy (non-hydrogen) atoms. The van der Waals surface area contributed by atoms with E-state index < -0.39 is 47.9 Å². The van der Waals surface area contributed by atoms with E-state index in [0.717, 1.165) is 31.2 Å². The van der Waals surface area contributed by atoms with Gasteiger partial charge in [0.05, 0.1) is 12.1 Å². The van der Waals surface area contributed by atoms with Crippen molar-refractivity contribution in [3.05, 3.63) is 101 Å². The first-order chi connectivity index (χ1) is 26.8. The Morgan fingerprint density at radius 1 is 0.909 bits per heavy atom. The quantitative estimate of drug-likeness (QED) is 0.0816. The Hall–Kier alpha value is -4.78. The minimum absolute atomic E-state index is 0.0102. The summed E-state index contributed by atoms with van der Waals surface area (Å²) < 4.78 is 17.7. The molecule has 1 aliphatic carbocycles. The molecular formula is C42H50ClN5O7. The highest BCUT2D eigenvalue weighted by atomic mass is 35.5. The van der Waals surface area contributed by atoms with Gasteiger partial charge in [0, 0.05) is 31.0 Å². The van der Waals surface area contributed by atoms with Crippen LogP contribution in [0.5, 0.6) is 0 Å². The number of unbranched alkanes of at least 4 members (excludes halogenated alkanes) is 1. The number of nitrogens with zero attached hydrogens (tertiary/aromatic N) is 2. The summed E-state index contributed by atoms with van der Waals surface area (Å²) in [6.45, 7) is 1.11. The number of carbonyl (C=O) groups is 4. The van der Waals surface area contributed by atoms with Gasteiger partial charge in [-0.15, -0.1) is 0 Å². The Labute approximate surface area is 326 Å². The van der Waals surface area contributed by atoms with Gasteiger partial charge < -0.3 is 35.2 Å². The van der Waals surface area contributed by atoms with E-state index in [1.54, 1.807) is 42.5 Å². The molecule has 0 spiro atoms. The molecule has 12 nitrogen and oxygen atoms in total. The van der Waals surface area contributed by atoms with Gasteiger partial charge >= 0.3 is 6.09 Å². The Bertz CT molecular complexity index is 1870. The second-order valence-corrected chi connectivity index (χ2v) is 14.9. The maximum atomic E-state index is 14.6. The summed E-state index contributed by atoms with van der Waals surface area (Å²) in [6, 6.07) is 20.3. The average molecular weight is 772 g/mol. The average Bonchev–Trinajstić information content (AvgIpc) is 3.84. The number of carbonyl (C=O) groups excluding carboxylic acids is 4. The highest BCUT2D eigenvalue weighted by Gasteiger charge is 2.44. The fourth-order valence-corrected chi connectivity index (χ4v) is 7.61. The largest absolute Gasteiger partial charge is 0.445 e. The zero-order valence-corrected chi connectivity index (χ0v) is 31.8. The molecule has 0 bridgehead atoms. The van der Waals surface area contributed by atoms with Crippen molar-refractivity contribution in [1.82, 2.24) is 20.5 Å². The number of ketones is 1. The molecule has 0 unspecified atom stereocenters. The Kier molecular flexibility index (Phi) is 14.3. The highest BCUT2D eigenvalue weighted by molar-refractivity contribution is 6.30. The van der Waals surface area contributed by atoms with Gasteiger partial charge in [0.15, 0.2) is 5.58 Å². The van der Waals surface area contributed by atoms with E-state index in [-0.39, 0.29) is 31.9 Å². The number of fused-ring (bicyclic) bond motifs is 1. The number of Topliss-reactive ketones (excluding diaryl/α,β-unsaturated/α-hetero) is 1. The lowest BCUT2D eigenvalue weighted by atomic mass is 9.90. The maximum Gasteiger partial charge on any atom is 0.408 e. The number of benzene rings is 3. The molecule has 4 N–H and O–H groups in total. The molecule has 2 aliphatic rings. The molecule has 3 aromatic carbocycles. The summed E-state index contributed by atoms with van der Waals surface area (Å²) in [4.78, 5) is 61.9. The van der Waals surface area contributed by atoms with Crippen molar-refractivity contribution < 1.29 is 33.1 Å². The number of hydrogen-bond donors (Lipinski definition) is 3. The van der Waals surface area contributed by atoms with Gasteiger partial charge in [-0.3, -0.25) is 14.4 Å². The van der Waals surface area contributed by atoms with Crippen LogP contribution in [-0.4, -0.2) is 77.5 Å². The summed E-state index contributed by atoms with van der Waals surface area (Å²) >= 11 is 6.31. The Morgan fingerprint density at radius 3 is 2.44 bits per heavy atom. The van der Waals surface area contributed by atoms with Gasteiger partial charge in [0.25, 0.3) is 5.89 Å². The second-order valence-electron chi connectivity index (χ2n) is 14.5. The topological polar surface area (TPSA) is 166 Å². The van der Waals surface area contributed by atoms with Crippen LogP contribution in [-0.2, 0) is 32.1 Å². The van der Waals surface area contributed by atoms with Crippen molar-refractivity contribution in [2.24, 2.45) is 11.7 Å². The summed E-state index contributed by atoms with van der Waals surface area (Å²) in [7, 11) is 0. The standard InChI is InChI=1S/C42H50ClN5O7/c43-31-17-11-16-30(22-31)23-35(47-42(52)54-27-29-14-5-2-6-15-29)41(51)48-25-32(53-26-28-12-3-1-4-13-28)24-36(48)39(50)45-34(19-9-10-21-44)38(49)40-46-33-18-7-8-20-37(33)55-40/h2,5-8,11,14-18,20,22,28,32,34-36H,1,3-4,9-10,12-13,19,21,23-27,44H2,(H,45,50)(H,47,52)/t32-,34+,35-,36+/m1/s1. The van der Waals surface area contributed by atoms with Crippen LogP contribution >= 0.6 is 11.6 Å². The molecule has 2 heterocycles. The van der Waals surface area contributed by atoms with Crippen LogP contribution in [0, 0.1) is 5.92 Å². The van der Waals surface area contributed by atoms with Crippen molar-refractivity contribution in [2.45, 2.75) is 95.0 Å². The first kappa shape index (κ1) is 39.9. The first-order valence-electron chi connectivity index (χ1n) is 19.3. The number of likely N-dealkylation sites (tertiary alicyclic amines) is 1. The molecule has 13 heteroatoms. The molecule has 1 aliphatic heterocycles. The number of alkyl carbamates (subject to hydrolysis) is 1. The van der Waals surface area contributed by atoms with E-state index in [9.17, 15) is 19.2 Å². The predicted molar refractivity (Wildman–Crippen MR) is 208 cm³/mol. The lowest BCUT2D eigenvalue weighted by Crippen LogP contribution is -2.56. The zero-order valence-electron chi connectivity index (χ0n) is 31.0. The highest BCUT2D eigenvalue weighted by Crippen LogP contribution is 2.28. The van der Waals surface area contributed by atoms with Crippen molar-refractivity contribution >= 4 is 46.4 Å². The SMILES string of the molecule is NCCCC[C@H](NC(=O)[C@@H]1C[C@@H](OCC2CCCCC2)CN1C(=O)[C@@H](Cc1cccc(Cl)c1)NC(=O)OCc1ccccc1)C(=O)c1nc2ccccc2o1. The molecule has 292 valence electrons. The monoisotopic (exact) mass is 771 g/mol. The first-order valence-corrected chi connectivity index (χ1v) is 19.7. The normalized spacial score (nSPS) is 18.5. The molecule has 4 atom stereocenters. The van der Waals surface area contributed by atoms with E-state index in [0.29, 0.717) is 60.0 Å². The van der Waals surface area contributed by atoms with E-state index in [4.69, 9.17) is 31.2 Å². The van der Waals surface area contributed by atoms with Crippen LogP contribution in [0.1, 0.15) is 79.6 Å². The van der Waals surface area contributed by atoms with Gasteiger partial charge in [0.2, 0.25) is 17.6 Å². The zero-order chi connectivity index (χ0) is 38.6. The van der Waals surface area contributed by atoms with Crippen molar-refractivity contribution in [1.29, 1.82) is 0 Å². The van der Waals surface area contributed by atoms with Crippen LogP contribution in [0.25, 0.3) is 11.1 Å². The summed E-state index contributed by atoms with van der Waals surface area (Å²) in [5.41, 5.74) is 8.26. The third-order valence-electron chi connectivity index (χ3n) is 10.4. The molecule has 6 rings (SSSR count). The molecule has 3 amide bonds. The van der Waals surface area contributed by atoms with Crippen molar-refractivity contribution in [3.8, 4) is 0 Å². The third kappa shape index (κ3) is 11.1. The van der Waals surface area contributed by atoms with Gasteiger partial charge in [-0.1, -0.05) is 85.5 Å². The number of ether oxygens (including phenoxy) is 2. The number of amides is 3. The van der Waals surface area contributed by atoms with Crippen LogP contribution in [0.2, 0.25) is 5.02 Å². The number of oxazole rings is 1. The molecular weight excluding hydrogens is 722 g/mol. The van der Waals surface area contributed by atoms with Crippen molar-refractivity contribution in [2.75, 3.05) is 19.7 Å². The number of aromatic nitrogens is 1. The lowest BCUT2D eigenvalue weighted by molar-refractivity contribution is -0.140. The minimum atomic E-state index is -1.10. The van der Waals surface area contributed by atoms with Crippen molar-refractivity contribution in [3.63, 3.8) is 0 Å². The van der Waals surface area contributed by atoms with Gasteiger partial charge in [-0.25, -0.2) is 9.78 Å². The number of halogens is 1. The summed E-state index contributed by atoms with van der Waals surface area (Å²) in [5, 5.41) is 6.18. The van der Waals surface area contributed by atoms with Crippen LogP contribution in [0.15, 0.2) is 83.3 Å². The molecule has 1 aromatic heterocycles. The van der Waals surface area contributed by atoms with E-state index in [1.165, 1.54) is 11.3 Å². The van der Waals surface area contributed by atoms with Gasteiger partial charge in [0.1, 0.15) is 24.2 Å².